The van der Waals surface area contributed by atoms with Crippen LogP contribution in [0.2, 0.25) is 0 Å². The predicted octanol–water partition coefficient (Wildman–Crippen LogP) is 3.12. The minimum Gasteiger partial charge on any atom is -0.466 e. The molecule has 1 heterocycles. The predicted molar refractivity (Wildman–Crippen MR) is 77.3 cm³/mol. The van der Waals surface area contributed by atoms with Gasteiger partial charge in [0.25, 0.3) is 0 Å². The zero-order valence-electron chi connectivity index (χ0n) is 12.5. The summed E-state index contributed by atoms with van der Waals surface area (Å²) in [6.07, 6.45) is 3.14. The summed E-state index contributed by atoms with van der Waals surface area (Å²) in [6.45, 7) is 6.26. The third-order valence-corrected chi connectivity index (χ3v) is 3.09. The molecule has 4 heteroatoms. The maximum atomic E-state index is 12.3. The van der Waals surface area contributed by atoms with Crippen LogP contribution in [-0.2, 0) is 14.3 Å². The second-order valence-electron chi connectivity index (χ2n) is 5.23. The first-order chi connectivity index (χ1) is 9.54. The van der Waals surface area contributed by atoms with Gasteiger partial charge in [0.2, 0.25) is 0 Å². The molecule has 4 nitrogen and oxygen atoms in total. The molecule has 1 atom stereocenters. The average molecular weight is 277 g/mol. The van der Waals surface area contributed by atoms with Crippen molar-refractivity contribution in [2.24, 2.45) is 5.92 Å². The van der Waals surface area contributed by atoms with Gasteiger partial charge in [0.1, 0.15) is 6.42 Å². The van der Waals surface area contributed by atoms with Crippen molar-refractivity contribution in [2.75, 3.05) is 6.61 Å². The van der Waals surface area contributed by atoms with Gasteiger partial charge < -0.3 is 4.74 Å². The number of rotatable bonds is 8. The van der Waals surface area contributed by atoms with E-state index in [0.29, 0.717) is 18.9 Å². The summed E-state index contributed by atoms with van der Waals surface area (Å²) in [7, 11) is 0. The van der Waals surface area contributed by atoms with Crippen LogP contribution in [0.25, 0.3) is 0 Å². The fourth-order valence-electron chi connectivity index (χ4n) is 2.03. The molecule has 1 rings (SSSR count). The molecule has 0 spiro atoms. The molecule has 1 unspecified atom stereocenters. The number of aromatic nitrogens is 1. The monoisotopic (exact) mass is 277 g/mol. The second-order valence-corrected chi connectivity index (χ2v) is 5.23. The smallest absolute Gasteiger partial charge is 0.313 e. The minimum absolute atomic E-state index is 0.109. The van der Waals surface area contributed by atoms with Crippen LogP contribution in [0.4, 0.5) is 0 Å². The SMILES string of the molecule is CCOC(=O)CC(=O)C(CCC(C)C)c1ccccn1. The van der Waals surface area contributed by atoms with Crippen LogP contribution in [0, 0.1) is 5.92 Å². The molecular formula is C16H23NO3. The lowest BCUT2D eigenvalue weighted by Crippen LogP contribution is -2.19. The van der Waals surface area contributed by atoms with E-state index in [4.69, 9.17) is 4.74 Å². The van der Waals surface area contributed by atoms with E-state index in [2.05, 4.69) is 18.8 Å². The molecule has 0 bridgehead atoms. The Hall–Kier alpha value is -1.71. The summed E-state index contributed by atoms with van der Waals surface area (Å²) in [6, 6.07) is 5.52. The molecule has 0 aliphatic heterocycles. The topological polar surface area (TPSA) is 56.3 Å². The number of nitrogens with zero attached hydrogens (tertiary/aromatic N) is 1. The van der Waals surface area contributed by atoms with E-state index < -0.39 is 5.97 Å². The van der Waals surface area contributed by atoms with E-state index in [1.165, 1.54) is 0 Å². The summed E-state index contributed by atoms with van der Waals surface area (Å²) in [5.74, 6) is -0.370. The van der Waals surface area contributed by atoms with Gasteiger partial charge in [-0.05, 0) is 37.8 Å². The van der Waals surface area contributed by atoms with Crippen LogP contribution in [-0.4, -0.2) is 23.3 Å². The van der Waals surface area contributed by atoms with E-state index in [1.54, 1.807) is 13.1 Å². The van der Waals surface area contributed by atoms with Crippen LogP contribution in [0.1, 0.15) is 51.6 Å². The molecule has 110 valence electrons. The van der Waals surface area contributed by atoms with Gasteiger partial charge in [-0.25, -0.2) is 0 Å². The summed E-state index contributed by atoms with van der Waals surface area (Å²) in [5.41, 5.74) is 0.738. The van der Waals surface area contributed by atoms with E-state index in [-0.39, 0.29) is 18.1 Å². The van der Waals surface area contributed by atoms with Gasteiger partial charge in [-0.1, -0.05) is 19.9 Å². The largest absolute Gasteiger partial charge is 0.466 e. The highest BCUT2D eigenvalue weighted by Gasteiger charge is 2.24. The molecule has 0 saturated heterocycles. The Labute approximate surface area is 120 Å². The van der Waals surface area contributed by atoms with E-state index in [9.17, 15) is 9.59 Å². The van der Waals surface area contributed by atoms with Gasteiger partial charge in [-0.3, -0.25) is 14.6 Å². The molecule has 1 aromatic heterocycles. The highest BCUT2D eigenvalue weighted by molar-refractivity contribution is 5.98. The summed E-state index contributed by atoms with van der Waals surface area (Å²) >= 11 is 0. The van der Waals surface area contributed by atoms with E-state index in [0.717, 1.165) is 12.1 Å². The lowest BCUT2D eigenvalue weighted by atomic mass is 9.90. The highest BCUT2D eigenvalue weighted by atomic mass is 16.5. The van der Waals surface area contributed by atoms with Gasteiger partial charge in [-0.15, -0.1) is 0 Å². The number of pyridine rings is 1. The molecule has 0 fully saturated rings. The molecule has 0 radical (unpaired) electrons. The first-order valence-corrected chi connectivity index (χ1v) is 7.13. The number of hydrogen-bond acceptors (Lipinski definition) is 4. The highest BCUT2D eigenvalue weighted by Crippen LogP contribution is 2.24. The molecule has 0 saturated carbocycles. The Morgan fingerprint density at radius 1 is 1.25 bits per heavy atom. The first kappa shape index (κ1) is 16.3. The first-order valence-electron chi connectivity index (χ1n) is 7.13. The van der Waals surface area contributed by atoms with Gasteiger partial charge in [0.05, 0.1) is 18.2 Å². The van der Waals surface area contributed by atoms with Crippen LogP contribution >= 0.6 is 0 Å². The zero-order chi connectivity index (χ0) is 15.0. The van der Waals surface area contributed by atoms with Gasteiger partial charge in [-0.2, -0.15) is 0 Å². The van der Waals surface area contributed by atoms with E-state index in [1.807, 2.05) is 18.2 Å². The number of carbonyl (C=O) groups is 2. The van der Waals surface area contributed by atoms with Crippen LogP contribution in [0.5, 0.6) is 0 Å². The van der Waals surface area contributed by atoms with Gasteiger partial charge in [0, 0.05) is 6.20 Å². The van der Waals surface area contributed by atoms with E-state index >= 15 is 0 Å². The fraction of sp³-hybridized carbons (Fsp3) is 0.562. The Bertz CT molecular complexity index is 429. The van der Waals surface area contributed by atoms with Crippen molar-refractivity contribution in [2.45, 2.75) is 46.0 Å². The van der Waals surface area contributed by atoms with Crippen molar-refractivity contribution >= 4 is 11.8 Å². The van der Waals surface area contributed by atoms with Crippen molar-refractivity contribution in [3.8, 4) is 0 Å². The Morgan fingerprint density at radius 3 is 2.55 bits per heavy atom. The maximum Gasteiger partial charge on any atom is 0.313 e. The average Bonchev–Trinajstić information content (AvgIpc) is 2.40. The Balaban J connectivity index is 2.76. The van der Waals surface area contributed by atoms with Gasteiger partial charge in [0.15, 0.2) is 5.78 Å². The van der Waals surface area contributed by atoms with Crippen molar-refractivity contribution in [3.05, 3.63) is 30.1 Å². The molecule has 0 aliphatic rings. The van der Waals surface area contributed by atoms with Crippen LogP contribution < -0.4 is 0 Å². The van der Waals surface area contributed by atoms with Gasteiger partial charge >= 0.3 is 5.97 Å². The molecule has 1 aromatic rings. The lowest BCUT2D eigenvalue weighted by molar-refractivity contribution is -0.145. The maximum absolute atomic E-state index is 12.3. The number of ether oxygens (including phenoxy) is 1. The molecule has 0 aliphatic carbocycles. The molecular weight excluding hydrogens is 254 g/mol. The summed E-state index contributed by atoms with van der Waals surface area (Å²) in [4.78, 5) is 28.0. The number of ketones is 1. The second kappa shape index (κ2) is 8.46. The Morgan fingerprint density at radius 2 is 2.00 bits per heavy atom. The van der Waals surface area contributed by atoms with Crippen molar-refractivity contribution in [1.29, 1.82) is 0 Å². The summed E-state index contributed by atoms with van der Waals surface area (Å²) < 4.78 is 4.84. The number of esters is 1. The normalized spacial score (nSPS) is 12.2. The zero-order valence-corrected chi connectivity index (χ0v) is 12.5. The standard InChI is InChI=1S/C16H23NO3/c1-4-20-16(19)11-15(18)13(9-8-12(2)3)14-7-5-6-10-17-14/h5-7,10,12-13H,4,8-9,11H2,1-3H3. The molecule has 0 amide bonds. The van der Waals surface area contributed by atoms with Crippen molar-refractivity contribution < 1.29 is 14.3 Å². The quantitative estimate of drug-likeness (QED) is 0.541. The van der Waals surface area contributed by atoms with Crippen molar-refractivity contribution in [1.82, 2.24) is 4.98 Å². The third kappa shape index (κ3) is 5.51. The number of hydrogen-bond donors (Lipinski definition) is 0. The van der Waals surface area contributed by atoms with Crippen molar-refractivity contribution in [3.63, 3.8) is 0 Å². The number of carbonyl (C=O) groups excluding carboxylic acids is 2. The minimum atomic E-state index is -0.456. The molecule has 0 N–H and O–H groups in total. The van der Waals surface area contributed by atoms with Crippen LogP contribution in [0.15, 0.2) is 24.4 Å². The molecule has 20 heavy (non-hydrogen) atoms. The third-order valence-electron chi connectivity index (χ3n) is 3.09. The lowest BCUT2D eigenvalue weighted by Gasteiger charge is -2.16. The fourth-order valence-corrected chi connectivity index (χ4v) is 2.03. The number of Topliss-reactive ketones (excluding diaryl/α,β-unsaturated/α-hetero) is 1. The molecule has 0 aromatic carbocycles. The van der Waals surface area contributed by atoms with Crippen LogP contribution in [0.3, 0.4) is 0 Å². The Kier molecular flexibility index (Phi) is 6.91. The summed E-state index contributed by atoms with van der Waals surface area (Å²) in [5, 5.41) is 0.